The van der Waals surface area contributed by atoms with Gasteiger partial charge in [-0.1, -0.05) is 0 Å². The summed E-state index contributed by atoms with van der Waals surface area (Å²) in [6.07, 6.45) is 6.33. The number of aliphatic hydroxyl groups excluding tert-OH is 1. The molecule has 2 rings (SSSR count). The van der Waals surface area contributed by atoms with Crippen LogP contribution in [0.1, 0.15) is 5.82 Å². The second-order valence-corrected chi connectivity index (χ2v) is 2.51. The predicted molar refractivity (Wildman–Crippen MR) is 47.2 cm³/mol. The molecular formula is C8H8N4O. The third kappa shape index (κ3) is 1.48. The molecule has 0 bridgehead atoms. The lowest BCUT2D eigenvalue weighted by Gasteiger charge is -1.92. The van der Waals surface area contributed by atoms with Gasteiger partial charge in [-0.3, -0.25) is 0 Å². The number of aromatic nitrogens is 4. The van der Waals surface area contributed by atoms with Crippen LogP contribution in [0.2, 0.25) is 0 Å². The number of hydrogen-bond acceptors (Lipinski definition) is 4. The lowest BCUT2D eigenvalue weighted by Crippen LogP contribution is -1.92. The quantitative estimate of drug-likeness (QED) is 0.668. The summed E-state index contributed by atoms with van der Waals surface area (Å²) < 4.78 is 0. The van der Waals surface area contributed by atoms with Crippen LogP contribution in [0.5, 0.6) is 0 Å². The van der Waals surface area contributed by atoms with Crippen molar-refractivity contribution in [1.82, 2.24) is 19.9 Å². The molecule has 2 aromatic rings. The Kier molecular flexibility index (Phi) is 1.91. The average molecular weight is 176 g/mol. The van der Waals surface area contributed by atoms with Crippen LogP contribution in [-0.2, 0) is 6.42 Å². The van der Waals surface area contributed by atoms with Crippen LogP contribution in [0, 0.1) is 0 Å². The number of allylic oxidation sites excluding steroid dienone is 1. The number of nitrogens with one attached hydrogen (secondary N) is 1. The summed E-state index contributed by atoms with van der Waals surface area (Å²) in [5.74, 6) is 0.643. The smallest absolute Gasteiger partial charge is 0.180 e. The topological polar surface area (TPSA) is 74.7 Å². The zero-order valence-electron chi connectivity index (χ0n) is 6.81. The van der Waals surface area contributed by atoms with Crippen LogP contribution < -0.4 is 0 Å². The zero-order chi connectivity index (χ0) is 9.10. The molecule has 2 heterocycles. The fourth-order valence-electron chi connectivity index (χ4n) is 1.03. The fourth-order valence-corrected chi connectivity index (χ4v) is 1.03. The molecule has 0 saturated carbocycles. The summed E-state index contributed by atoms with van der Waals surface area (Å²) in [6.45, 7) is 0. The van der Waals surface area contributed by atoms with E-state index in [2.05, 4.69) is 19.9 Å². The second kappa shape index (κ2) is 3.22. The highest BCUT2D eigenvalue weighted by Crippen LogP contribution is 2.04. The maximum absolute atomic E-state index is 8.44. The molecule has 5 nitrogen and oxygen atoms in total. The number of fused-ring (bicyclic) bond motifs is 1. The molecule has 13 heavy (non-hydrogen) atoms. The first-order valence-electron chi connectivity index (χ1n) is 3.84. The predicted octanol–water partition coefficient (Wildman–Crippen LogP) is 0.967. The van der Waals surface area contributed by atoms with Crippen molar-refractivity contribution in [2.75, 3.05) is 0 Å². The Morgan fingerprint density at radius 1 is 1.46 bits per heavy atom. The number of aromatic amines is 1. The third-order valence-corrected chi connectivity index (χ3v) is 1.63. The van der Waals surface area contributed by atoms with Gasteiger partial charge in [0.25, 0.3) is 0 Å². The molecule has 0 aliphatic carbocycles. The average Bonchev–Trinajstić information content (AvgIpc) is 2.61. The summed E-state index contributed by atoms with van der Waals surface area (Å²) in [7, 11) is 0. The van der Waals surface area contributed by atoms with Crippen molar-refractivity contribution in [2.45, 2.75) is 6.42 Å². The van der Waals surface area contributed by atoms with Crippen LogP contribution in [0.3, 0.4) is 0 Å². The van der Waals surface area contributed by atoms with Crippen LogP contribution in [0.4, 0.5) is 0 Å². The molecule has 0 unspecified atom stereocenters. The zero-order valence-corrected chi connectivity index (χ0v) is 6.81. The van der Waals surface area contributed by atoms with E-state index in [1.165, 1.54) is 0 Å². The normalized spacial score (nSPS) is 11.4. The van der Waals surface area contributed by atoms with Gasteiger partial charge in [0.05, 0.1) is 18.8 Å². The van der Waals surface area contributed by atoms with Gasteiger partial charge in [0.15, 0.2) is 5.65 Å². The molecule has 0 amide bonds. The lowest BCUT2D eigenvalue weighted by atomic mass is 10.4. The van der Waals surface area contributed by atoms with Crippen LogP contribution in [0.25, 0.3) is 11.2 Å². The van der Waals surface area contributed by atoms with Gasteiger partial charge in [0.2, 0.25) is 0 Å². The molecule has 0 aliphatic heterocycles. The summed E-state index contributed by atoms with van der Waals surface area (Å²) in [5, 5.41) is 8.44. The maximum atomic E-state index is 8.44. The van der Waals surface area contributed by atoms with Gasteiger partial charge in [-0.2, -0.15) is 0 Å². The van der Waals surface area contributed by atoms with Gasteiger partial charge in [0, 0.05) is 6.42 Å². The van der Waals surface area contributed by atoms with E-state index in [4.69, 9.17) is 5.11 Å². The van der Waals surface area contributed by atoms with Crippen molar-refractivity contribution in [1.29, 1.82) is 0 Å². The van der Waals surface area contributed by atoms with E-state index >= 15 is 0 Å². The summed E-state index contributed by atoms with van der Waals surface area (Å²) in [5.41, 5.74) is 1.47. The summed E-state index contributed by atoms with van der Waals surface area (Å²) in [6, 6.07) is 0. The minimum absolute atomic E-state index is 0.513. The molecule has 2 N–H and O–H groups in total. The lowest BCUT2D eigenvalue weighted by molar-refractivity contribution is 0.471. The third-order valence-electron chi connectivity index (χ3n) is 1.63. The molecule has 0 radical (unpaired) electrons. The molecule has 0 spiro atoms. The molecule has 66 valence electrons. The van der Waals surface area contributed by atoms with Crippen molar-refractivity contribution in [3.05, 3.63) is 30.7 Å². The first-order valence-corrected chi connectivity index (χ1v) is 3.84. The molecule has 5 heteroatoms. The number of imidazole rings is 1. The van der Waals surface area contributed by atoms with E-state index in [1.807, 2.05) is 0 Å². The molecule has 2 aromatic heterocycles. The molecular weight excluding hydrogens is 168 g/mol. The van der Waals surface area contributed by atoms with Crippen LogP contribution in [-0.4, -0.2) is 25.0 Å². The highest BCUT2D eigenvalue weighted by Gasteiger charge is 1.99. The van der Waals surface area contributed by atoms with Crippen molar-refractivity contribution in [3.8, 4) is 0 Å². The maximum Gasteiger partial charge on any atom is 0.180 e. The number of nitrogens with zero attached hydrogens (tertiary/aromatic N) is 3. The van der Waals surface area contributed by atoms with Crippen molar-refractivity contribution in [3.63, 3.8) is 0 Å². The molecule has 0 atom stereocenters. The Morgan fingerprint density at radius 2 is 2.38 bits per heavy atom. The van der Waals surface area contributed by atoms with Gasteiger partial charge in [-0.15, -0.1) is 0 Å². The van der Waals surface area contributed by atoms with Gasteiger partial charge in [-0.25, -0.2) is 15.0 Å². The Labute approximate surface area is 74.2 Å². The highest BCUT2D eigenvalue weighted by atomic mass is 16.2. The largest absolute Gasteiger partial charge is 0.516 e. The molecule has 0 aromatic carbocycles. The Morgan fingerprint density at radius 3 is 3.23 bits per heavy atom. The molecule has 0 fully saturated rings. The van der Waals surface area contributed by atoms with Crippen LogP contribution >= 0.6 is 0 Å². The molecule has 0 aliphatic rings. The number of rotatable bonds is 2. The highest BCUT2D eigenvalue weighted by molar-refractivity contribution is 5.68. The van der Waals surface area contributed by atoms with Crippen LogP contribution in [0.15, 0.2) is 24.9 Å². The standard InChI is InChI=1S/C8H8N4O/c13-3-1-2-7-9-4-6-8(12-7)11-5-10-6/h1,3-5,13H,2H2,(H,9,10,11,12). The first kappa shape index (κ1) is 7.72. The second-order valence-electron chi connectivity index (χ2n) is 2.51. The fraction of sp³-hybridized carbons (Fsp3) is 0.125. The minimum atomic E-state index is 0.513. The van der Waals surface area contributed by atoms with Gasteiger partial charge < -0.3 is 10.1 Å². The number of aliphatic hydroxyl groups is 1. The van der Waals surface area contributed by atoms with E-state index < -0.39 is 0 Å². The summed E-state index contributed by atoms with van der Waals surface area (Å²) in [4.78, 5) is 15.1. The van der Waals surface area contributed by atoms with Crippen molar-refractivity contribution >= 4 is 11.2 Å². The monoisotopic (exact) mass is 176 g/mol. The van der Waals surface area contributed by atoms with E-state index in [1.54, 1.807) is 18.6 Å². The number of hydrogen-bond donors (Lipinski definition) is 2. The first-order chi connectivity index (χ1) is 6.40. The van der Waals surface area contributed by atoms with Gasteiger partial charge >= 0.3 is 0 Å². The van der Waals surface area contributed by atoms with Gasteiger partial charge in [-0.05, 0) is 6.08 Å². The minimum Gasteiger partial charge on any atom is -0.516 e. The van der Waals surface area contributed by atoms with E-state index in [0.717, 1.165) is 11.8 Å². The molecule has 0 saturated heterocycles. The van der Waals surface area contributed by atoms with E-state index in [-0.39, 0.29) is 0 Å². The van der Waals surface area contributed by atoms with Crippen molar-refractivity contribution < 1.29 is 5.11 Å². The summed E-state index contributed by atoms with van der Waals surface area (Å²) >= 11 is 0. The van der Waals surface area contributed by atoms with Crippen molar-refractivity contribution in [2.24, 2.45) is 0 Å². The Hall–Kier alpha value is -1.91. The SMILES string of the molecule is OC=CCc1ncc2[nH]cnc2n1. The van der Waals surface area contributed by atoms with E-state index in [9.17, 15) is 0 Å². The van der Waals surface area contributed by atoms with E-state index in [0.29, 0.717) is 17.9 Å². The number of H-pyrrole nitrogens is 1. The Bertz CT molecular complexity index is 434. The Balaban J connectivity index is 2.36. The van der Waals surface area contributed by atoms with Gasteiger partial charge in [0.1, 0.15) is 11.3 Å².